The van der Waals surface area contributed by atoms with Gasteiger partial charge < -0.3 is 10.4 Å². The van der Waals surface area contributed by atoms with Gasteiger partial charge in [0.15, 0.2) is 0 Å². The topological polar surface area (TPSA) is 49.3 Å². The minimum Gasteiger partial charge on any atom is -0.393 e. The van der Waals surface area contributed by atoms with Gasteiger partial charge in [-0.2, -0.15) is 0 Å². The summed E-state index contributed by atoms with van der Waals surface area (Å²) in [5.74, 6) is 0.0185. The summed E-state index contributed by atoms with van der Waals surface area (Å²) in [5.41, 5.74) is 1.52. The van der Waals surface area contributed by atoms with Gasteiger partial charge in [-0.05, 0) is 45.1 Å². The fourth-order valence-corrected chi connectivity index (χ4v) is 2.51. The molecule has 1 aromatic rings. The van der Waals surface area contributed by atoms with Gasteiger partial charge in [-0.25, -0.2) is 0 Å². The van der Waals surface area contributed by atoms with E-state index in [-0.39, 0.29) is 17.4 Å². The van der Waals surface area contributed by atoms with E-state index in [2.05, 4.69) is 19.2 Å². The highest BCUT2D eigenvalue weighted by molar-refractivity contribution is 5.87. The van der Waals surface area contributed by atoms with Gasteiger partial charge in [0.2, 0.25) is 5.91 Å². The van der Waals surface area contributed by atoms with Crippen molar-refractivity contribution in [2.45, 2.75) is 59.5 Å². The van der Waals surface area contributed by atoms with Crippen molar-refractivity contribution in [1.29, 1.82) is 0 Å². The van der Waals surface area contributed by atoms with Gasteiger partial charge in [-0.15, -0.1) is 0 Å². The van der Waals surface area contributed by atoms with Gasteiger partial charge in [0.05, 0.1) is 11.5 Å². The molecule has 0 radical (unpaired) electrons. The molecule has 0 aromatic heterocycles. The van der Waals surface area contributed by atoms with Crippen LogP contribution in [0.3, 0.4) is 0 Å². The quantitative estimate of drug-likeness (QED) is 0.845. The Hall–Kier alpha value is -1.35. The Morgan fingerprint density at radius 3 is 2.19 bits per heavy atom. The number of aryl methyl sites for hydroxylation is 1. The van der Waals surface area contributed by atoms with Crippen LogP contribution in [0.2, 0.25) is 0 Å². The Bertz CT molecular complexity index is 472. The summed E-state index contributed by atoms with van der Waals surface area (Å²) in [6, 6.07) is 8.08. The average molecular weight is 291 g/mol. The summed E-state index contributed by atoms with van der Waals surface area (Å²) in [6.45, 7) is 12.4. The van der Waals surface area contributed by atoms with Gasteiger partial charge >= 0.3 is 0 Å². The van der Waals surface area contributed by atoms with Crippen LogP contribution in [0.15, 0.2) is 24.3 Å². The third-order valence-electron chi connectivity index (χ3n) is 3.92. The molecular formula is C18H29NO2. The lowest BCUT2D eigenvalue weighted by Crippen LogP contribution is -2.44. The first-order valence-corrected chi connectivity index (χ1v) is 7.58. The van der Waals surface area contributed by atoms with Crippen LogP contribution < -0.4 is 5.32 Å². The predicted octanol–water partition coefficient (Wildman–Crippen LogP) is 3.19. The van der Waals surface area contributed by atoms with E-state index in [0.29, 0.717) is 13.0 Å². The molecule has 0 heterocycles. The highest BCUT2D eigenvalue weighted by atomic mass is 16.3. The van der Waals surface area contributed by atoms with Crippen molar-refractivity contribution >= 4 is 5.91 Å². The number of aliphatic hydroxyl groups excluding tert-OH is 1. The lowest BCUT2D eigenvalue weighted by atomic mass is 9.82. The maximum atomic E-state index is 12.5. The number of hydrogen-bond acceptors (Lipinski definition) is 2. The fraction of sp³-hybridized carbons (Fsp3) is 0.611. The summed E-state index contributed by atoms with van der Waals surface area (Å²) in [5, 5.41) is 12.5. The number of carbonyl (C=O) groups is 1. The van der Waals surface area contributed by atoms with E-state index in [9.17, 15) is 9.90 Å². The molecule has 118 valence electrons. The first kappa shape index (κ1) is 17.7. The highest BCUT2D eigenvalue weighted by Gasteiger charge is 2.31. The molecule has 3 heteroatoms. The van der Waals surface area contributed by atoms with E-state index in [1.54, 1.807) is 6.92 Å². The monoisotopic (exact) mass is 291 g/mol. The zero-order valence-electron chi connectivity index (χ0n) is 14.2. The molecule has 0 aliphatic carbocycles. The maximum Gasteiger partial charge on any atom is 0.230 e. The van der Waals surface area contributed by atoms with E-state index in [1.807, 2.05) is 45.0 Å². The number of benzene rings is 1. The van der Waals surface area contributed by atoms with Crippen LogP contribution in [-0.4, -0.2) is 23.7 Å². The standard InChI is InChI=1S/C18H29NO2/c1-13-7-9-15(10-8-13)18(5,6)16(21)19-12-17(3,4)11-14(2)20/h7-10,14,20H,11-12H2,1-6H3,(H,19,21). The van der Waals surface area contributed by atoms with Crippen LogP contribution in [-0.2, 0) is 10.2 Å². The molecule has 0 aliphatic heterocycles. The molecular weight excluding hydrogens is 262 g/mol. The largest absolute Gasteiger partial charge is 0.393 e. The number of hydrogen-bond donors (Lipinski definition) is 2. The van der Waals surface area contributed by atoms with Gasteiger partial charge in [0, 0.05) is 6.54 Å². The zero-order chi connectivity index (χ0) is 16.3. The minimum absolute atomic E-state index is 0.0185. The molecule has 0 fully saturated rings. The second kappa shape index (κ2) is 6.61. The second-order valence-corrected chi connectivity index (χ2v) is 7.39. The molecule has 0 aliphatic rings. The van der Waals surface area contributed by atoms with Crippen LogP contribution in [0, 0.1) is 12.3 Å². The molecule has 1 unspecified atom stereocenters. The second-order valence-electron chi connectivity index (χ2n) is 7.39. The van der Waals surface area contributed by atoms with Crippen LogP contribution in [0.25, 0.3) is 0 Å². The Morgan fingerprint density at radius 2 is 1.71 bits per heavy atom. The smallest absolute Gasteiger partial charge is 0.230 e. The molecule has 0 saturated heterocycles. The van der Waals surface area contributed by atoms with Crippen molar-refractivity contribution in [3.63, 3.8) is 0 Å². The summed E-state index contributed by atoms with van der Waals surface area (Å²) in [7, 11) is 0. The predicted molar refractivity (Wildman–Crippen MR) is 87.3 cm³/mol. The van der Waals surface area contributed by atoms with Gasteiger partial charge in [-0.3, -0.25) is 4.79 Å². The molecule has 0 saturated carbocycles. The normalized spacial score (nSPS) is 13.9. The average Bonchev–Trinajstić information content (AvgIpc) is 2.35. The number of nitrogens with one attached hydrogen (secondary N) is 1. The Labute approximate surface area is 128 Å². The molecule has 0 bridgehead atoms. The molecule has 1 rings (SSSR count). The minimum atomic E-state index is -0.561. The Balaban J connectivity index is 2.72. The number of carbonyl (C=O) groups excluding carboxylic acids is 1. The molecule has 1 aromatic carbocycles. The van der Waals surface area contributed by atoms with Gasteiger partial charge in [0.25, 0.3) is 0 Å². The summed E-state index contributed by atoms with van der Waals surface area (Å²) >= 11 is 0. The summed E-state index contributed by atoms with van der Waals surface area (Å²) in [6.07, 6.45) is 0.306. The van der Waals surface area contributed by atoms with E-state index in [1.165, 1.54) is 5.56 Å². The lowest BCUT2D eigenvalue weighted by Gasteiger charge is -2.30. The highest BCUT2D eigenvalue weighted by Crippen LogP contribution is 2.25. The van der Waals surface area contributed by atoms with Crippen molar-refractivity contribution in [2.24, 2.45) is 5.41 Å². The van der Waals surface area contributed by atoms with Crippen molar-refractivity contribution in [2.75, 3.05) is 6.54 Å². The summed E-state index contributed by atoms with van der Waals surface area (Å²) < 4.78 is 0. The van der Waals surface area contributed by atoms with E-state index < -0.39 is 5.41 Å². The molecule has 21 heavy (non-hydrogen) atoms. The van der Waals surface area contributed by atoms with Crippen molar-refractivity contribution in [3.05, 3.63) is 35.4 Å². The maximum absolute atomic E-state index is 12.5. The zero-order valence-corrected chi connectivity index (χ0v) is 14.2. The molecule has 1 amide bonds. The Morgan fingerprint density at radius 1 is 1.19 bits per heavy atom. The lowest BCUT2D eigenvalue weighted by molar-refractivity contribution is -0.126. The molecule has 2 N–H and O–H groups in total. The van der Waals surface area contributed by atoms with Crippen LogP contribution in [0.5, 0.6) is 0 Å². The van der Waals surface area contributed by atoms with E-state index >= 15 is 0 Å². The van der Waals surface area contributed by atoms with Crippen molar-refractivity contribution < 1.29 is 9.90 Å². The molecule has 1 atom stereocenters. The van der Waals surface area contributed by atoms with Crippen molar-refractivity contribution in [3.8, 4) is 0 Å². The molecule has 3 nitrogen and oxygen atoms in total. The van der Waals surface area contributed by atoms with Gasteiger partial charge in [-0.1, -0.05) is 43.7 Å². The fourth-order valence-electron chi connectivity index (χ4n) is 2.51. The van der Waals surface area contributed by atoms with E-state index in [4.69, 9.17) is 0 Å². The number of amides is 1. The van der Waals surface area contributed by atoms with Crippen molar-refractivity contribution in [1.82, 2.24) is 5.32 Å². The van der Waals surface area contributed by atoms with E-state index in [0.717, 1.165) is 5.56 Å². The third-order valence-corrected chi connectivity index (χ3v) is 3.92. The summed E-state index contributed by atoms with van der Waals surface area (Å²) in [4.78, 5) is 12.5. The Kier molecular flexibility index (Phi) is 5.57. The molecule has 0 spiro atoms. The first-order chi connectivity index (χ1) is 9.54. The van der Waals surface area contributed by atoms with Crippen LogP contribution in [0.4, 0.5) is 0 Å². The third kappa shape index (κ3) is 5.16. The van der Waals surface area contributed by atoms with Crippen LogP contribution in [0.1, 0.15) is 52.2 Å². The van der Waals surface area contributed by atoms with Gasteiger partial charge in [0.1, 0.15) is 0 Å². The SMILES string of the molecule is Cc1ccc(C(C)(C)C(=O)NCC(C)(C)CC(C)O)cc1. The number of rotatable bonds is 6. The number of aliphatic hydroxyl groups is 1. The first-order valence-electron chi connectivity index (χ1n) is 7.58. The van der Waals surface area contributed by atoms with Crippen LogP contribution >= 0.6 is 0 Å².